The number of ether oxygens (including phenoxy) is 1. The van der Waals surface area contributed by atoms with E-state index in [0.717, 1.165) is 10.0 Å². The predicted octanol–water partition coefficient (Wildman–Crippen LogP) is 4.33. The van der Waals surface area contributed by atoms with E-state index in [0.29, 0.717) is 15.9 Å². The highest BCUT2D eigenvalue weighted by Gasteiger charge is 2.19. The molecule has 0 aliphatic heterocycles. The first-order chi connectivity index (χ1) is 9.83. The Bertz CT molecular complexity index is 776. The van der Waals surface area contributed by atoms with E-state index >= 15 is 0 Å². The third-order valence-corrected chi connectivity index (χ3v) is 5.62. The van der Waals surface area contributed by atoms with Crippen LogP contribution in [0.3, 0.4) is 0 Å². The highest BCUT2D eigenvalue weighted by molar-refractivity contribution is 9.10. The number of methoxy groups -OCH3 is 1. The van der Waals surface area contributed by atoms with E-state index in [-0.39, 0.29) is 4.90 Å². The van der Waals surface area contributed by atoms with Crippen LogP contribution in [-0.2, 0) is 10.0 Å². The summed E-state index contributed by atoms with van der Waals surface area (Å²) in [5.74, 6) is 0.449. The van der Waals surface area contributed by atoms with Crippen LogP contribution in [0, 0.1) is 6.92 Å². The number of nitrogens with one attached hydrogen (secondary N) is 1. The largest absolute Gasteiger partial charge is 0.495 e. The molecular formula is C14H13Br2NO3S. The second-order valence-corrected chi connectivity index (χ2v) is 7.80. The number of aryl methyl sites for hydroxylation is 1. The third-order valence-electron chi connectivity index (χ3n) is 2.78. The summed E-state index contributed by atoms with van der Waals surface area (Å²) >= 11 is 6.60. The number of sulfonamides is 1. The van der Waals surface area contributed by atoms with E-state index < -0.39 is 10.0 Å². The molecule has 2 aromatic rings. The maximum absolute atomic E-state index is 12.5. The molecule has 0 aliphatic rings. The second-order valence-electron chi connectivity index (χ2n) is 4.38. The minimum atomic E-state index is -3.71. The van der Waals surface area contributed by atoms with Crippen LogP contribution in [0.2, 0.25) is 0 Å². The Labute approximate surface area is 140 Å². The number of hydrogen-bond acceptors (Lipinski definition) is 3. The van der Waals surface area contributed by atoms with Gasteiger partial charge in [0.05, 0.1) is 12.8 Å². The van der Waals surface area contributed by atoms with E-state index in [1.165, 1.54) is 7.11 Å². The number of halogens is 2. The molecule has 2 rings (SSSR count). The van der Waals surface area contributed by atoms with Crippen molar-refractivity contribution in [3.05, 3.63) is 50.9 Å². The zero-order valence-corrected chi connectivity index (χ0v) is 15.3. The lowest BCUT2D eigenvalue weighted by atomic mass is 10.2. The van der Waals surface area contributed by atoms with Crippen LogP contribution in [-0.4, -0.2) is 15.5 Å². The molecule has 1 N–H and O–H groups in total. The monoisotopic (exact) mass is 433 g/mol. The summed E-state index contributed by atoms with van der Waals surface area (Å²) < 4.78 is 34.0. The zero-order valence-electron chi connectivity index (χ0n) is 11.4. The molecule has 0 saturated carbocycles. The number of hydrogen-bond donors (Lipinski definition) is 1. The van der Waals surface area contributed by atoms with Crippen LogP contribution in [0.4, 0.5) is 5.69 Å². The van der Waals surface area contributed by atoms with Crippen molar-refractivity contribution in [1.29, 1.82) is 0 Å². The topological polar surface area (TPSA) is 55.4 Å². The van der Waals surface area contributed by atoms with Crippen molar-refractivity contribution in [3.8, 4) is 5.75 Å². The van der Waals surface area contributed by atoms with Crippen LogP contribution in [0.25, 0.3) is 0 Å². The summed E-state index contributed by atoms with van der Waals surface area (Å²) in [7, 11) is -2.22. The minimum Gasteiger partial charge on any atom is -0.495 e. The number of anilines is 1. The minimum absolute atomic E-state index is 0.176. The van der Waals surface area contributed by atoms with Crippen molar-refractivity contribution in [2.75, 3.05) is 11.8 Å². The first-order valence-corrected chi connectivity index (χ1v) is 9.03. The fourth-order valence-electron chi connectivity index (χ4n) is 1.78. The molecule has 0 aliphatic carbocycles. The first kappa shape index (κ1) is 16.3. The van der Waals surface area contributed by atoms with E-state index in [2.05, 4.69) is 36.6 Å². The molecule has 0 bridgehead atoms. The highest BCUT2D eigenvalue weighted by atomic mass is 79.9. The predicted molar refractivity (Wildman–Crippen MR) is 90.4 cm³/mol. The van der Waals surface area contributed by atoms with E-state index in [9.17, 15) is 8.42 Å². The first-order valence-electron chi connectivity index (χ1n) is 5.96. The van der Waals surface area contributed by atoms with Gasteiger partial charge in [-0.25, -0.2) is 8.42 Å². The Morgan fingerprint density at radius 3 is 2.43 bits per heavy atom. The van der Waals surface area contributed by atoms with Gasteiger partial charge < -0.3 is 4.74 Å². The van der Waals surface area contributed by atoms with Crippen LogP contribution >= 0.6 is 31.9 Å². The molecule has 0 saturated heterocycles. The highest BCUT2D eigenvalue weighted by Crippen LogP contribution is 2.31. The van der Waals surface area contributed by atoms with Crippen LogP contribution in [0.15, 0.2) is 50.2 Å². The van der Waals surface area contributed by atoms with Gasteiger partial charge in [-0.3, -0.25) is 4.72 Å². The van der Waals surface area contributed by atoms with Gasteiger partial charge in [0.25, 0.3) is 10.0 Å². The molecule has 21 heavy (non-hydrogen) atoms. The Morgan fingerprint density at radius 2 is 1.81 bits per heavy atom. The summed E-state index contributed by atoms with van der Waals surface area (Å²) in [6, 6.07) is 10.2. The smallest absolute Gasteiger partial charge is 0.263 e. The number of rotatable bonds is 4. The molecule has 4 nitrogen and oxygen atoms in total. The molecule has 0 heterocycles. The average Bonchev–Trinajstić information content (AvgIpc) is 2.37. The van der Waals surface area contributed by atoms with Crippen molar-refractivity contribution < 1.29 is 13.2 Å². The lowest BCUT2D eigenvalue weighted by molar-refractivity contribution is 0.417. The SMILES string of the molecule is COc1ccc(Br)cc1NS(=O)(=O)c1ccc(C)cc1Br. The van der Waals surface area contributed by atoms with Gasteiger partial charge in [0.15, 0.2) is 0 Å². The Morgan fingerprint density at radius 1 is 1.10 bits per heavy atom. The third kappa shape index (κ3) is 3.78. The molecule has 0 spiro atoms. The van der Waals surface area contributed by atoms with E-state index in [4.69, 9.17) is 4.74 Å². The zero-order chi connectivity index (χ0) is 15.6. The van der Waals surface area contributed by atoms with Gasteiger partial charge in [-0.2, -0.15) is 0 Å². The molecule has 2 aromatic carbocycles. The summed E-state index contributed by atoms with van der Waals surface area (Å²) in [6.07, 6.45) is 0. The molecule has 0 fully saturated rings. The Kier molecular flexibility index (Phi) is 4.95. The lowest BCUT2D eigenvalue weighted by Gasteiger charge is -2.13. The van der Waals surface area contributed by atoms with Crippen LogP contribution in [0.5, 0.6) is 5.75 Å². The molecule has 0 amide bonds. The van der Waals surface area contributed by atoms with Gasteiger partial charge in [0, 0.05) is 8.95 Å². The fourth-order valence-corrected chi connectivity index (χ4v) is 4.40. The summed E-state index contributed by atoms with van der Waals surface area (Å²) in [5.41, 5.74) is 1.35. The van der Waals surface area contributed by atoms with Gasteiger partial charge in [0.2, 0.25) is 0 Å². The molecule has 7 heteroatoms. The molecule has 112 valence electrons. The quantitative estimate of drug-likeness (QED) is 0.778. The van der Waals surface area contributed by atoms with Crippen LogP contribution < -0.4 is 9.46 Å². The van der Waals surface area contributed by atoms with Crippen molar-refractivity contribution in [2.45, 2.75) is 11.8 Å². The normalized spacial score (nSPS) is 11.2. The fraction of sp³-hybridized carbons (Fsp3) is 0.143. The standard InChI is InChI=1S/C14H13Br2NO3S/c1-9-3-6-14(11(16)7-9)21(18,19)17-12-8-10(15)4-5-13(12)20-2/h3-8,17H,1-2H3. The van der Waals surface area contributed by atoms with Gasteiger partial charge in [0.1, 0.15) is 10.6 Å². The van der Waals surface area contributed by atoms with E-state index in [1.807, 2.05) is 6.92 Å². The molecule has 0 radical (unpaired) electrons. The van der Waals surface area contributed by atoms with Crippen molar-refractivity contribution in [3.63, 3.8) is 0 Å². The molecule has 0 aromatic heterocycles. The Balaban J connectivity index is 2.44. The van der Waals surface area contributed by atoms with Crippen LogP contribution in [0.1, 0.15) is 5.56 Å². The average molecular weight is 435 g/mol. The van der Waals surface area contributed by atoms with Crippen molar-refractivity contribution >= 4 is 47.6 Å². The van der Waals surface area contributed by atoms with Gasteiger partial charge in [-0.05, 0) is 58.7 Å². The Hall–Kier alpha value is -1.05. The molecule has 0 unspecified atom stereocenters. The molecule has 0 atom stereocenters. The lowest BCUT2D eigenvalue weighted by Crippen LogP contribution is -2.14. The van der Waals surface area contributed by atoms with Crippen molar-refractivity contribution in [1.82, 2.24) is 0 Å². The summed E-state index contributed by atoms with van der Waals surface area (Å²) in [6.45, 7) is 1.89. The maximum atomic E-state index is 12.5. The molecular weight excluding hydrogens is 422 g/mol. The maximum Gasteiger partial charge on any atom is 0.263 e. The summed E-state index contributed by atoms with van der Waals surface area (Å²) in [4.78, 5) is 0.176. The second kappa shape index (κ2) is 6.37. The summed E-state index contributed by atoms with van der Waals surface area (Å²) in [5, 5.41) is 0. The van der Waals surface area contributed by atoms with E-state index in [1.54, 1.807) is 36.4 Å². The van der Waals surface area contributed by atoms with Crippen molar-refractivity contribution in [2.24, 2.45) is 0 Å². The van der Waals surface area contributed by atoms with Gasteiger partial charge in [-0.1, -0.05) is 22.0 Å². The number of benzene rings is 2. The van der Waals surface area contributed by atoms with Gasteiger partial charge >= 0.3 is 0 Å². The van der Waals surface area contributed by atoms with Gasteiger partial charge in [-0.15, -0.1) is 0 Å².